The Bertz CT molecular complexity index is 809. The van der Waals surface area contributed by atoms with E-state index in [9.17, 15) is 0 Å². The number of aryl methyl sites for hydroxylation is 1. The second-order valence-electron chi connectivity index (χ2n) is 8.21. The van der Waals surface area contributed by atoms with E-state index in [0.717, 1.165) is 35.6 Å². The van der Waals surface area contributed by atoms with Gasteiger partial charge in [0.25, 0.3) is 0 Å². The highest BCUT2D eigenvalue weighted by atomic mass is 15.1. The minimum absolute atomic E-state index is 0.122. The molecule has 0 saturated carbocycles. The van der Waals surface area contributed by atoms with Gasteiger partial charge in [-0.3, -0.25) is 0 Å². The van der Waals surface area contributed by atoms with Crippen LogP contribution in [-0.2, 0) is 11.8 Å². The van der Waals surface area contributed by atoms with E-state index in [4.69, 9.17) is 5.73 Å². The van der Waals surface area contributed by atoms with E-state index in [2.05, 4.69) is 74.7 Å². The van der Waals surface area contributed by atoms with E-state index in [1.165, 1.54) is 11.1 Å². The molecule has 1 aliphatic heterocycles. The number of rotatable bonds is 1. The summed E-state index contributed by atoms with van der Waals surface area (Å²) in [6.07, 6.45) is 1.10. The van der Waals surface area contributed by atoms with Gasteiger partial charge in [-0.05, 0) is 47.6 Å². The van der Waals surface area contributed by atoms with Crippen LogP contribution in [0.15, 0.2) is 36.4 Å². The van der Waals surface area contributed by atoms with Crippen molar-refractivity contribution in [2.75, 3.05) is 22.9 Å². The summed E-state index contributed by atoms with van der Waals surface area (Å²) >= 11 is 0. The molecular formula is C21H27N3. The molecule has 3 heteroatoms. The summed E-state index contributed by atoms with van der Waals surface area (Å²) in [5.41, 5.74) is 13.6. The predicted octanol–water partition coefficient (Wildman–Crippen LogP) is 4.32. The van der Waals surface area contributed by atoms with E-state index in [0.29, 0.717) is 6.04 Å². The molecule has 0 aromatic heterocycles. The van der Waals surface area contributed by atoms with Gasteiger partial charge in [-0.2, -0.15) is 0 Å². The molecule has 1 heterocycles. The van der Waals surface area contributed by atoms with Crippen molar-refractivity contribution in [2.45, 2.75) is 45.6 Å². The van der Waals surface area contributed by atoms with Crippen molar-refractivity contribution in [1.82, 2.24) is 0 Å². The lowest BCUT2D eigenvalue weighted by Crippen LogP contribution is -2.53. The molecule has 1 aliphatic carbocycles. The Kier molecular flexibility index (Phi) is 3.15. The van der Waals surface area contributed by atoms with E-state index < -0.39 is 0 Å². The quantitative estimate of drug-likeness (QED) is 0.686. The first kappa shape index (κ1) is 15.4. The van der Waals surface area contributed by atoms with Crippen LogP contribution in [-0.4, -0.2) is 12.6 Å². The standard InChI is InChI=1S/C21H27N3/c1-13-9-17-18(10-16(13)22)24-19(12-23-17)21(4)11-14-7-5-6-8-15(14)20(21,2)3/h5-10,19,23-24H,11-12,22H2,1-4H3/t19-,21+/m1/s1. The molecule has 2 aliphatic rings. The third kappa shape index (κ3) is 1.97. The Morgan fingerprint density at radius 3 is 2.58 bits per heavy atom. The summed E-state index contributed by atoms with van der Waals surface area (Å²) in [4.78, 5) is 0. The highest BCUT2D eigenvalue weighted by Crippen LogP contribution is 2.54. The van der Waals surface area contributed by atoms with Gasteiger partial charge in [-0.15, -0.1) is 0 Å². The zero-order valence-electron chi connectivity index (χ0n) is 15.0. The number of fused-ring (bicyclic) bond motifs is 2. The molecule has 24 heavy (non-hydrogen) atoms. The minimum atomic E-state index is 0.122. The fraction of sp³-hybridized carbons (Fsp3) is 0.429. The maximum absolute atomic E-state index is 6.13. The Morgan fingerprint density at radius 2 is 1.83 bits per heavy atom. The molecule has 0 unspecified atom stereocenters. The summed E-state index contributed by atoms with van der Waals surface area (Å²) in [7, 11) is 0. The number of nitrogens with two attached hydrogens (primary N) is 1. The molecule has 0 radical (unpaired) electrons. The first-order valence-corrected chi connectivity index (χ1v) is 8.82. The lowest BCUT2D eigenvalue weighted by molar-refractivity contribution is 0.165. The van der Waals surface area contributed by atoms with Crippen molar-refractivity contribution in [3.8, 4) is 0 Å². The van der Waals surface area contributed by atoms with E-state index in [1.54, 1.807) is 0 Å². The van der Waals surface area contributed by atoms with E-state index in [1.807, 2.05) is 0 Å². The lowest BCUT2D eigenvalue weighted by Gasteiger charge is -2.47. The second-order valence-corrected chi connectivity index (χ2v) is 8.21. The van der Waals surface area contributed by atoms with E-state index >= 15 is 0 Å². The van der Waals surface area contributed by atoms with Gasteiger partial charge in [-0.1, -0.05) is 45.0 Å². The average molecular weight is 321 g/mol. The Hall–Kier alpha value is -2.16. The van der Waals surface area contributed by atoms with Crippen LogP contribution in [0.1, 0.15) is 37.5 Å². The number of nitrogen functional groups attached to an aromatic ring is 1. The molecule has 0 spiro atoms. The molecule has 0 amide bonds. The molecular weight excluding hydrogens is 294 g/mol. The van der Waals surface area contributed by atoms with Gasteiger partial charge >= 0.3 is 0 Å². The molecule has 2 atom stereocenters. The summed E-state index contributed by atoms with van der Waals surface area (Å²) in [6, 6.07) is 13.5. The monoisotopic (exact) mass is 321 g/mol. The zero-order valence-corrected chi connectivity index (χ0v) is 15.0. The second kappa shape index (κ2) is 4.92. The van der Waals surface area contributed by atoms with Crippen LogP contribution in [0.25, 0.3) is 0 Å². The molecule has 0 saturated heterocycles. The van der Waals surface area contributed by atoms with Gasteiger partial charge in [-0.25, -0.2) is 0 Å². The Balaban J connectivity index is 1.71. The largest absolute Gasteiger partial charge is 0.398 e. The summed E-state index contributed by atoms with van der Waals surface area (Å²) in [6.45, 7) is 10.2. The average Bonchev–Trinajstić information content (AvgIpc) is 2.76. The Morgan fingerprint density at radius 1 is 1.08 bits per heavy atom. The normalized spacial score (nSPS) is 26.9. The van der Waals surface area contributed by atoms with Crippen LogP contribution < -0.4 is 16.4 Å². The fourth-order valence-corrected chi connectivity index (χ4v) is 4.59. The van der Waals surface area contributed by atoms with E-state index in [-0.39, 0.29) is 10.8 Å². The van der Waals surface area contributed by atoms with Crippen molar-refractivity contribution in [3.63, 3.8) is 0 Å². The summed E-state index contributed by atoms with van der Waals surface area (Å²) in [5, 5.41) is 7.42. The van der Waals surface area contributed by atoms with Gasteiger partial charge in [0.1, 0.15) is 0 Å². The maximum Gasteiger partial charge on any atom is 0.0599 e. The molecule has 0 fully saturated rings. The topological polar surface area (TPSA) is 50.1 Å². The SMILES string of the molecule is Cc1cc2c(cc1N)N[C@@H]([C@]1(C)Cc3ccccc3C1(C)C)CN2. The van der Waals surface area contributed by atoms with Gasteiger partial charge in [0, 0.05) is 23.7 Å². The molecule has 0 bridgehead atoms. The number of hydrogen-bond acceptors (Lipinski definition) is 3. The molecule has 2 aromatic rings. The first-order valence-electron chi connectivity index (χ1n) is 8.82. The van der Waals surface area contributed by atoms with Crippen molar-refractivity contribution in [1.29, 1.82) is 0 Å². The van der Waals surface area contributed by atoms with Gasteiger partial charge in [0.05, 0.1) is 11.4 Å². The van der Waals surface area contributed by atoms with Crippen molar-refractivity contribution in [2.24, 2.45) is 5.41 Å². The molecule has 4 rings (SSSR count). The van der Waals surface area contributed by atoms with Gasteiger partial charge < -0.3 is 16.4 Å². The van der Waals surface area contributed by atoms with Crippen molar-refractivity contribution < 1.29 is 0 Å². The molecule has 2 aromatic carbocycles. The zero-order chi connectivity index (χ0) is 17.1. The molecule has 4 N–H and O–H groups in total. The highest BCUT2D eigenvalue weighted by Gasteiger charge is 2.53. The predicted molar refractivity (Wildman–Crippen MR) is 103 cm³/mol. The number of benzene rings is 2. The number of anilines is 3. The molecule has 3 nitrogen and oxygen atoms in total. The summed E-state index contributed by atoms with van der Waals surface area (Å²) < 4.78 is 0. The minimum Gasteiger partial charge on any atom is -0.398 e. The van der Waals surface area contributed by atoms with Crippen LogP contribution in [0.3, 0.4) is 0 Å². The van der Waals surface area contributed by atoms with Crippen molar-refractivity contribution in [3.05, 3.63) is 53.1 Å². The third-order valence-electron chi connectivity index (χ3n) is 6.68. The van der Waals surface area contributed by atoms with Crippen LogP contribution in [0, 0.1) is 12.3 Å². The van der Waals surface area contributed by atoms with Crippen LogP contribution in [0.5, 0.6) is 0 Å². The summed E-state index contributed by atoms with van der Waals surface area (Å²) in [5.74, 6) is 0. The number of nitrogens with one attached hydrogen (secondary N) is 2. The maximum atomic E-state index is 6.13. The third-order valence-corrected chi connectivity index (χ3v) is 6.68. The highest BCUT2D eigenvalue weighted by molar-refractivity contribution is 5.77. The van der Waals surface area contributed by atoms with Crippen LogP contribution in [0.2, 0.25) is 0 Å². The molecule has 126 valence electrons. The van der Waals surface area contributed by atoms with Crippen LogP contribution in [0.4, 0.5) is 17.1 Å². The number of hydrogen-bond donors (Lipinski definition) is 3. The Labute approximate surface area is 144 Å². The fourth-order valence-electron chi connectivity index (χ4n) is 4.59. The van der Waals surface area contributed by atoms with Crippen molar-refractivity contribution >= 4 is 17.1 Å². The van der Waals surface area contributed by atoms with Gasteiger partial charge in [0.15, 0.2) is 0 Å². The lowest BCUT2D eigenvalue weighted by atomic mass is 9.62. The van der Waals surface area contributed by atoms with Gasteiger partial charge in [0.2, 0.25) is 0 Å². The smallest absolute Gasteiger partial charge is 0.0599 e. The first-order chi connectivity index (χ1) is 11.3. The van der Waals surface area contributed by atoms with Crippen LogP contribution >= 0.6 is 0 Å².